The Morgan fingerprint density at radius 2 is 1.89 bits per heavy atom. The van der Waals surface area contributed by atoms with Gasteiger partial charge in [-0.15, -0.1) is 0 Å². The summed E-state index contributed by atoms with van der Waals surface area (Å²) in [6.45, 7) is 2.76. The Morgan fingerprint density at radius 1 is 1.11 bits per heavy atom. The van der Waals surface area contributed by atoms with E-state index in [4.69, 9.17) is 0 Å². The van der Waals surface area contributed by atoms with Crippen molar-refractivity contribution < 1.29 is 0 Å². The van der Waals surface area contributed by atoms with Gasteiger partial charge in [0.2, 0.25) is 0 Å². The standard InChI is InChI=1S/C15H19N3/c1-12-6-4-8-14(17-12)11-16-13-7-5-9-15(10-13)18(2)3/h4-10,16H,11H2,1-3H3. The molecule has 1 aromatic heterocycles. The highest BCUT2D eigenvalue weighted by molar-refractivity contribution is 5.57. The van der Waals surface area contributed by atoms with Gasteiger partial charge < -0.3 is 10.2 Å². The molecule has 18 heavy (non-hydrogen) atoms. The van der Waals surface area contributed by atoms with Crippen LogP contribution in [0.1, 0.15) is 11.4 Å². The lowest BCUT2D eigenvalue weighted by Crippen LogP contribution is -2.09. The fourth-order valence-corrected chi connectivity index (χ4v) is 1.78. The van der Waals surface area contributed by atoms with E-state index in [0.29, 0.717) is 0 Å². The maximum absolute atomic E-state index is 4.47. The van der Waals surface area contributed by atoms with Gasteiger partial charge in [-0.25, -0.2) is 0 Å². The maximum atomic E-state index is 4.47. The van der Waals surface area contributed by atoms with Gasteiger partial charge in [0.15, 0.2) is 0 Å². The van der Waals surface area contributed by atoms with Crippen LogP contribution in [0, 0.1) is 6.92 Å². The zero-order valence-corrected chi connectivity index (χ0v) is 11.1. The van der Waals surface area contributed by atoms with E-state index in [1.807, 2.05) is 39.2 Å². The minimum absolute atomic E-state index is 0.749. The molecular weight excluding hydrogens is 222 g/mol. The number of hydrogen-bond acceptors (Lipinski definition) is 3. The van der Waals surface area contributed by atoms with E-state index in [0.717, 1.165) is 23.6 Å². The number of benzene rings is 1. The minimum atomic E-state index is 0.749. The van der Waals surface area contributed by atoms with Gasteiger partial charge in [0.1, 0.15) is 0 Å². The molecule has 0 saturated heterocycles. The van der Waals surface area contributed by atoms with Crippen molar-refractivity contribution in [3.8, 4) is 0 Å². The summed E-state index contributed by atoms with van der Waals surface area (Å²) in [5.74, 6) is 0. The van der Waals surface area contributed by atoms with Crippen LogP contribution in [0.25, 0.3) is 0 Å². The van der Waals surface area contributed by atoms with Crippen molar-refractivity contribution in [1.82, 2.24) is 4.98 Å². The summed E-state index contributed by atoms with van der Waals surface area (Å²) >= 11 is 0. The fraction of sp³-hybridized carbons (Fsp3) is 0.267. The van der Waals surface area contributed by atoms with E-state index in [2.05, 4.69) is 39.5 Å². The Bertz CT molecular complexity index is 521. The largest absolute Gasteiger partial charge is 0.379 e. The molecule has 2 rings (SSSR count). The molecule has 3 heteroatoms. The molecule has 1 heterocycles. The smallest absolute Gasteiger partial charge is 0.0597 e. The van der Waals surface area contributed by atoms with Crippen LogP contribution in [-0.4, -0.2) is 19.1 Å². The topological polar surface area (TPSA) is 28.2 Å². The lowest BCUT2D eigenvalue weighted by molar-refractivity contribution is 1.01. The summed E-state index contributed by atoms with van der Waals surface area (Å²) in [6, 6.07) is 14.4. The first-order valence-corrected chi connectivity index (χ1v) is 6.09. The van der Waals surface area contributed by atoms with E-state index in [-0.39, 0.29) is 0 Å². The number of nitrogens with one attached hydrogen (secondary N) is 1. The van der Waals surface area contributed by atoms with Crippen molar-refractivity contribution in [2.45, 2.75) is 13.5 Å². The van der Waals surface area contributed by atoms with Crippen LogP contribution in [0.5, 0.6) is 0 Å². The third-order valence-corrected chi connectivity index (χ3v) is 2.78. The van der Waals surface area contributed by atoms with E-state index in [1.165, 1.54) is 5.69 Å². The second-order valence-electron chi connectivity index (χ2n) is 4.57. The second-order valence-corrected chi connectivity index (χ2v) is 4.57. The predicted molar refractivity (Wildman–Crippen MR) is 77.1 cm³/mol. The highest BCUT2D eigenvalue weighted by Gasteiger charge is 1.98. The molecule has 0 amide bonds. The molecule has 0 aliphatic carbocycles. The Balaban J connectivity index is 2.04. The van der Waals surface area contributed by atoms with E-state index in [9.17, 15) is 0 Å². The predicted octanol–water partition coefficient (Wildman–Crippen LogP) is 3.07. The van der Waals surface area contributed by atoms with Gasteiger partial charge in [-0.3, -0.25) is 4.98 Å². The Labute approximate surface area is 108 Å². The molecule has 3 nitrogen and oxygen atoms in total. The molecule has 0 fully saturated rings. The van der Waals surface area contributed by atoms with Crippen LogP contribution in [-0.2, 0) is 6.54 Å². The highest BCUT2D eigenvalue weighted by atomic mass is 15.1. The molecule has 1 aromatic carbocycles. The first-order valence-electron chi connectivity index (χ1n) is 6.09. The van der Waals surface area contributed by atoms with E-state index in [1.54, 1.807) is 0 Å². The number of hydrogen-bond donors (Lipinski definition) is 1. The van der Waals surface area contributed by atoms with Gasteiger partial charge in [0, 0.05) is 31.2 Å². The van der Waals surface area contributed by atoms with Crippen molar-refractivity contribution >= 4 is 11.4 Å². The van der Waals surface area contributed by atoms with Crippen LogP contribution >= 0.6 is 0 Å². The summed E-state index contributed by atoms with van der Waals surface area (Å²) in [6.07, 6.45) is 0. The summed E-state index contributed by atoms with van der Waals surface area (Å²) in [5.41, 5.74) is 4.42. The first-order chi connectivity index (χ1) is 8.65. The lowest BCUT2D eigenvalue weighted by atomic mass is 10.2. The van der Waals surface area contributed by atoms with Gasteiger partial charge in [-0.1, -0.05) is 12.1 Å². The Hall–Kier alpha value is -2.03. The first kappa shape index (κ1) is 12.4. The molecule has 0 radical (unpaired) electrons. The van der Waals surface area contributed by atoms with Crippen LogP contribution < -0.4 is 10.2 Å². The molecule has 0 bridgehead atoms. The SMILES string of the molecule is Cc1cccc(CNc2cccc(N(C)C)c2)n1. The highest BCUT2D eigenvalue weighted by Crippen LogP contribution is 2.17. The number of nitrogens with zero attached hydrogens (tertiary/aromatic N) is 2. The monoisotopic (exact) mass is 241 g/mol. The summed E-state index contributed by atoms with van der Waals surface area (Å²) in [4.78, 5) is 6.57. The summed E-state index contributed by atoms with van der Waals surface area (Å²) in [7, 11) is 4.09. The molecule has 0 aliphatic rings. The van der Waals surface area contributed by atoms with Crippen LogP contribution in [0.4, 0.5) is 11.4 Å². The van der Waals surface area contributed by atoms with Gasteiger partial charge in [0.25, 0.3) is 0 Å². The quantitative estimate of drug-likeness (QED) is 0.891. The number of aryl methyl sites for hydroxylation is 1. The number of pyridine rings is 1. The van der Waals surface area contributed by atoms with Crippen molar-refractivity contribution in [3.63, 3.8) is 0 Å². The van der Waals surface area contributed by atoms with Crippen molar-refractivity contribution in [3.05, 3.63) is 53.9 Å². The van der Waals surface area contributed by atoms with Crippen LogP contribution in [0.3, 0.4) is 0 Å². The second kappa shape index (κ2) is 5.54. The van der Waals surface area contributed by atoms with Crippen LogP contribution in [0.2, 0.25) is 0 Å². The normalized spacial score (nSPS) is 10.2. The Kier molecular flexibility index (Phi) is 3.82. The van der Waals surface area contributed by atoms with Crippen LogP contribution in [0.15, 0.2) is 42.5 Å². The molecular formula is C15H19N3. The molecule has 2 aromatic rings. The van der Waals surface area contributed by atoms with Gasteiger partial charge in [-0.2, -0.15) is 0 Å². The average molecular weight is 241 g/mol. The third kappa shape index (κ3) is 3.23. The Morgan fingerprint density at radius 3 is 2.61 bits per heavy atom. The number of anilines is 2. The molecule has 0 saturated carbocycles. The van der Waals surface area contributed by atoms with Crippen molar-refractivity contribution in [2.75, 3.05) is 24.3 Å². The van der Waals surface area contributed by atoms with Gasteiger partial charge in [-0.05, 0) is 37.3 Å². The molecule has 0 spiro atoms. The maximum Gasteiger partial charge on any atom is 0.0597 e. The van der Waals surface area contributed by atoms with Crippen molar-refractivity contribution in [2.24, 2.45) is 0 Å². The fourth-order valence-electron chi connectivity index (χ4n) is 1.78. The van der Waals surface area contributed by atoms with Crippen molar-refractivity contribution in [1.29, 1.82) is 0 Å². The number of rotatable bonds is 4. The molecule has 94 valence electrons. The third-order valence-electron chi connectivity index (χ3n) is 2.78. The van der Waals surface area contributed by atoms with E-state index >= 15 is 0 Å². The zero-order chi connectivity index (χ0) is 13.0. The lowest BCUT2D eigenvalue weighted by Gasteiger charge is -2.14. The van der Waals surface area contributed by atoms with Gasteiger partial charge >= 0.3 is 0 Å². The molecule has 1 N–H and O–H groups in total. The minimum Gasteiger partial charge on any atom is -0.379 e. The molecule has 0 unspecified atom stereocenters. The van der Waals surface area contributed by atoms with E-state index < -0.39 is 0 Å². The average Bonchev–Trinajstić information content (AvgIpc) is 2.37. The molecule has 0 aliphatic heterocycles. The summed E-state index contributed by atoms with van der Waals surface area (Å²) < 4.78 is 0. The number of aromatic nitrogens is 1. The molecule has 0 atom stereocenters. The van der Waals surface area contributed by atoms with Gasteiger partial charge in [0.05, 0.1) is 12.2 Å². The zero-order valence-electron chi connectivity index (χ0n) is 11.1. The summed E-state index contributed by atoms with van der Waals surface area (Å²) in [5, 5.41) is 3.39.